The zero-order chi connectivity index (χ0) is 18.6. The first-order valence-electron chi connectivity index (χ1n) is 8.99. The van der Waals surface area contributed by atoms with Crippen molar-refractivity contribution in [3.8, 4) is 0 Å². The van der Waals surface area contributed by atoms with Crippen molar-refractivity contribution < 1.29 is 9.21 Å². The smallest absolute Gasteiger partial charge is 0.289 e. The van der Waals surface area contributed by atoms with Crippen LogP contribution >= 0.6 is 11.6 Å². The second kappa shape index (κ2) is 7.98. The normalized spacial score (nSPS) is 15.2. The van der Waals surface area contributed by atoms with E-state index in [2.05, 4.69) is 16.1 Å². The highest BCUT2D eigenvalue weighted by Crippen LogP contribution is 2.16. The molecule has 1 aromatic carbocycles. The number of piperazine rings is 1. The number of hydrogen-bond acceptors (Lipinski definition) is 4. The molecule has 1 amide bonds. The van der Waals surface area contributed by atoms with Gasteiger partial charge in [0.25, 0.3) is 5.91 Å². The Labute approximate surface area is 162 Å². The Morgan fingerprint density at radius 1 is 1.07 bits per heavy atom. The first-order chi connectivity index (χ1) is 13.2. The number of benzene rings is 1. The van der Waals surface area contributed by atoms with Crippen molar-refractivity contribution in [2.45, 2.75) is 13.1 Å². The fourth-order valence-electron chi connectivity index (χ4n) is 3.29. The molecule has 3 heterocycles. The average Bonchev–Trinajstić information content (AvgIpc) is 3.34. The molecule has 7 heteroatoms. The number of rotatable bonds is 5. The minimum absolute atomic E-state index is 0.0517. The Kier molecular flexibility index (Phi) is 5.27. The second-order valence-corrected chi connectivity index (χ2v) is 7.10. The molecular formula is C20H21ClN4O2. The van der Waals surface area contributed by atoms with Crippen LogP contribution in [0.4, 0.5) is 0 Å². The molecule has 2 aromatic heterocycles. The van der Waals surface area contributed by atoms with Crippen LogP contribution in [0.25, 0.3) is 0 Å². The molecule has 0 saturated carbocycles. The van der Waals surface area contributed by atoms with Gasteiger partial charge < -0.3 is 9.32 Å². The highest BCUT2D eigenvalue weighted by Gasteiger charge is 2.24. The minimum atomic E-state index is -0.0517. The lowest BCUT2D eigenvalue weighted by Crippen LogP contribution is -2.48. The summed E-state index contributed by atoms with van der Waals surface area (Å²) in [4.78, 5) is 16.9. The van der Waals surface area contributed by atoms with Gasteiger partial charge in [-0.25, -0.2) is 0 Å². The van der Waals surface area contributed by atoms with E-state index in [9.17, 15) is 4.79 Å². The Morgan fingerprint density at radius 3 is 2.67 bits per heavy atom. The van der Waals surface area contributed by atoms with Gasteiger partial charge in [0.2, 0.25) is 0 Å². The van der Waals surface area contributed by atoms with Gasteiger partial charge in [-0.3, -0.25) is 14.4 Å². The Bertz CT molecular complexity index is 898. The molecule has 4 rings (SSSR count). The van der Waals surface area contributed by atoms with Gasteiger partial charge in [0.15, 0.2) is 5.76 Å². The molecule has 140 valence electrons. The highest BCUT2D eigenvalue weighted by atomic mass is 35.5. The summed E-state index contributed by atoms with van der Waals surface area (Å²) in [6.07, 6.45) is 3.58. The summed E-state index contributed by atoms with van der Waals surface area (Å²) >= 11 is 6.05. The summed E-state index contributed by atoms with van der Waals surface area (Å²) in [6, 6.07) is 13.4. The van der Waals surface area contributed by atoms with Crippen LogP contribution in [0.15, 0.2) is 59.3 Å². The highest BCUT2D eigenvalue weighted by molar-refractivity contribution is 6.30. The maximum absolute atomic E-state index is 12.7. The van der Waals surface area contributed by atoms with Crippen molar-refractivity contribution in [1.82, 2.24) is 19.6 Å². The summed E-state index contributed by atoms with van der Waals surface area (Å²) in [5.41, 5.74) is 1.19. The van der Waals surface area contributed by atoms with Gasteiger partial charge in [0.1, 0.15) is 5.76 Å². The van der Waals surface area contributed by atoms with E-state index in [1.54, 1.807) is 16.9 Å². The van der Waals surface area contributed by atoms with E-state index in [0.29, 0.717) is 25.4 Å². The van der Waals surface area contributed by atoms with E-state index in [1.807, 2.05) is 41.4 Å². The van der Waals surface area contributed by atoms with E-state index in [1.165, 1.54) is 5.56 Å². The largest absolute Gasteiger partial charge is 0.454 e. The first kappa shape index (κ1) is 17.8. The number of nitrogens with zero attached hydrogens (tertiary/aromatic N) is 4. The van der Waals surface area contributed by atoms with Gasteiger partial charge in [0.05, 0.1) is 6.54 Å². The molecule has 1 aliphatic rings. The number of furan rings is 1. The number of halogens is 1. The minimum Gasteiger partial charge on any atom is -0.454 e. The van der Waals surface area contributed by atoms with Crippen molar-refractivity contribution in [1.29, 1.82) is 0 Å². The summed E-state index contributed by atoms with van der Waals surface area (Å²) in [7, 11) is 0. The maximum atomic E-state index is 12.7. The van der Waals surface area contributed by atoms with E-state index in [4.69, 9.17) is 16.0 Å². The molecule has 0 aliphatic carbocycles. The molecule has 27 heavy (non-hydrogen) atoms. The molecule has 1 fully saturated rings. The number of aromatic nitrogens is 2. The molecular weight excluding hydrogens is 364 g/mol. The molecule has 3 aromatic rings. The number of amides is 1. The van der Waals surface area contributed by atoms with Crippen LogP contribution in [0.5, 0.6) is 0 Å². The third kappa shape index (κ3) is 4.40. The van der Waals surface area contributed by atoms with E-state index < -0.39 is 0 Å². The third-order valence-corrected chi connectivity index (χ3v) is 4.94. The zero-order valence-electron chi connectivity index (χ0n) is 14.9. The van der Waals surface area contributed by atoms with Crippen LogP contribution in [0, 0.1) is 0 Å². The number of hydrogen-bond donors (Lipinski definition) is 0. The second-order valence-electron chi connectivity index (χ2n) is 6.67. The van der Waals surface area contributed by atoms with Gasteiger partial charge in [-0.05, 0) is 35.9 Å². The van der Waals surface area contributed by atoms with Crippen molar-refractivity contribution in [2.24, 2.45) is 0 Å². The van der Waals surface area contributed by atoms with Crippen LogP contribution in [-0.4, -0.2) is 51.7 Å². The number of carbonyl (C=O) groups is 1. The van der Waals surface area contributed by atoms with Crippen LogP contribution in [0.2, 0.25) is 5.02 Å². The fraction of sp³-hybridized carbons (Fsp3) is 0.300. The van der Waals surface area contributed by atoms with Crippen LogP contribution < -0.4 is 0 Å². The molecule has 6 nitrogen and oxygen atoms in total. The lowest BCUT2D eigenvalue weighted by molar-refractivity contribution is 0.0596. The van der Waals surface area contributed by atoms with E-state index >= 15 is 0 Å². The molecule has 1 aliphatic heterocycles. The monoisotopic (exact) mass is 384 g/mol. The van der Waals surface area contributed by atoms with Gasteiger partial charge in [0, 0.05) is 50.1 Å². The lowest BCUT2D eigenvalue weighted by Gasteiger charge is -2.34. The lowest BCUT2D eigenvalue weighted by atomic mass is 10.2. The van der Waals surface area contributed by atoms with Crippen molar-refractivity contribution in [3.63, 3.8) is 0 Å². The Hall–Kier alpha value is -2.57. The van der Waals surface area contributed by atoms with Gasteiger partial charge in [-0.1, -0.05) is 23.7 Å². The summed E-state index contributed by atoms with van der Waals surface area (Å²) in [6.45, 7) is 4.41. The van der Waals surface area contributed by atoms with Gasteiger partial charge in [-0.15, -0.1) is 0 Å². The van der Waals surface area contributed by atoms with E-state index in [-0.39, 0.29) is 5.91 Å². The van der Waals surface area contributed by atoms with Gasteiger partial charge >= 0.3 is 0 Å². The summed E-state index contributed by atoms with van der Waals surface area (Å²) in [5, 5.41) is 4.91. The molecule has 0 radical (unpaired) electrons. The summed E-state index contributed by atoms with van der Waals surface area (Å²) in [5.74, 6) is 1.06. The summed E-state index contributed by atoms with van der Waals surface area (Å²) < 4.78 is 7.49. The zero-order valence-corrected chi connectivity index (χ0v) is 15.7. The molecule has 0 unspecified atom stereocenters. The fourth-order valence-corrected chi connectivity index (χ4v) is 3.50. The molecule has 0 N–H and O–H groups in total. The molecule has 0 atom stereocenters. The van der Waals surface area contributed by atoms with Crippen LogP contribution in [0.1, 0.15) is 21.9 Å². The van der Waals surface area contributed by atoms with Crippen molar-refractivity contribution in [3.05, 3.63) is 77.0 Å². The molecule has 1 saturated heterocycles. The quantitative estimate of drug-likeness (QED) is 0.678. The van der Waals surface area contributed by atoms with Gasteiger partial charge in [-0.2, -0.15) is 5.10 Å². The van der Waals surface area contributed by atoms with Crippen molar-refractivity contribution >= 4 is 17.5 Å². The topological polar surface area (TPSA) is 54.5 Å². The Balaban J connectivity index is 1.31. The maximum Gasteiger partial charge on any atom is 0.289 e. The number of carbonyl (C=O) groups excluding carboxylic acids is 1. The van der Waals surface area contributed by atoms with Crippen molar-refractivity contribution in [2.75, 3.05) is 26.2 Å². The third-order valence-electron chi connectivity index (χ3n) is 4.70. The molecule has 0 bridgehead atoms. The SMILES string of the molecule is O=C(c1ccc(Cn2cccn2)o1)N1CCN(Cc2cccc(Cl)c2)CC1. The average molecular weight is 385 g/mol. The predicted molar refractivity (Wildman–Crippen MR) is 103 cm³/mol. The predicted octanol–water partition coefficient (Wildman–Crippen LogP) is 3.14. The molecule has 0 spiro atoms. The van der Waals surface area contributed by atoms with E-state index in [0.717, 1.165) is 30.4 Å². The van der Waals surface area contributed by atoms with Crippen LogP contribution in [-0.2, 0) is 13.1 Å². The Morgan fingerprint density at radius 2 is 1.93 bits per heavy atom. The first-order valence-corrected chi connectivity index (χ1v) is 9.37. The van der Waals surface area contributed by atoms with Crippen LogP contribution in [0.3, 0.4) is 0 Å². The standard InChI is InChI=1S/C20H21ClN4O2/c21-17-4-1-3-16(13-17)14-23-9-11-24(12-10-23)20(26)19-6-5-18(27-19)15-25-8-2-7-22-25/h1-8,13H,9-12,14-15H2.